The van der Waals surface area contributed by atoms with Crippen molar-refractivity contribution in [1.82, 2.24) is 9.80 Å². The number of para-hydroxylation sites is 2. The van der Waals surface area contributed by atoms with E-state index in [1.165, 1.54) is 6.42 Å². The number of carbonyl (C=O) groups is 1. The van der Waals surface area contributed by atoms with E-state index in [1.54, 1.807) is 18.2 Å². The van der Waals surface area contributed by atoms with Gasteiger partial charge in [0.05, 0.1) is 11.5 Å². The molecule has 1 aromatic carbocycles. The van der Waals surface area contributed by atoms with Gasteiger partial charge in [0.2, 0.25) is 5.91 Å². The zero-order valence-corrected chi connectivity index (χ0v) is 15.6. The van der Waals surface area contributed by atoms with Crippen LogP contribution in [-0.2, 0) is 4.79 Å². The second kappa shape index (κ2) is 8.03. The molecule has 0 spiro atoms. The van der Waals surface area contributed by atoms with Crippen LogP contribution in [-0.4, -0.2) is 65.4 Å². The van der Waals surface area contributed by atoms with Gasteiger partial charge in [0.15, 0.2) is 0 Å². The monoisotopic (exact) mass is 360 g/mol. The highest BCUT2D eigenvalue weighted by Crippen LogP contribution is 2.28. The van der Waals surface area contributed by atoms with Crippen molar-refractivity contribution in [1.29, 1.82) is 0 Å². The van der Waals surface area contributed by atoms with Gasteiger partial charge >= 0.3 is 0 Å². The van der Waals surface area contributed by atoms with Crippen LogP contribution in [0.3, 0.4) is 0 Å². The van der Waals surface area contributed by atoms with Gasteiger partial charge in [-0.15, -0.1) is 0 Å². The SMILES string of the molecule is C[C@@H]1CCC[C@H](C)N1C(=O)CN1CCN(c2ccccc2[N+](=O)[O-])CC1. The largest absolute Gasteiger partial charge is 0.363 e. The molecule has 7 heteroatoms. The molecule has 3 rings (SSSR count). The summed E-state index contributed by atoms with van der Waals surface area (Å²) in [6, 6.07) is 7.51. The van der Waals surface area contributed by atoms with Gasteiger partial charge in [0.25, 0.3) is 5.69 Å². The number of benzene rings is 1. The highest BCUT2D eigenvalue weighted by Gasteiger charge is 2.31. The van der Waals surface area contributed by atoms with E-state index in [9.17, 15) is 14.9 Å². The van der Waals surface area contributed by atoms with Gasteiger partial charge in [-0.2, -0.15) is 0 Å². The quantitative estimate of drug-likeness (QED) is 0.609. The Hall–Kier alpha value is -2.15. The summed E-state index contributed by atoms with van der Waals surface area (Å²) in [5.74, 6) is 0.212. The van der Waals surface area contributed by atoms with Crippen LogP contribution in [0, 0.1) is 10.1 Å². The molecule has 2 heterocycles. The molecule has 0 unspecified atom stereocenters. The molecular formula is C19H28N4O3. The Kier molecular flexibility index (Phi) is 5.76. The predicted octanol–water partition coefficient (Wildman–Crippen LogP) is 2.51. The Morgan fingerprint density at radius 2 is 1.73 bits per heavy atom. The summed E-state index contributed by atoms with van der Waals surface area (Å²) in [6.07, 6.45) is 3.36. The molecule has 0 aliphatic carbocycles. The van der Waals surface area contributed by atoms with E-state index in [4.69, 9.17) is 0 Å². The van der Waals surface area contributed by atoms with Crippen molar-refractivity contribution >= 4 is 17.3 Å². The van der Waals surface area contributed by atoms with E-state index in [0.29, 0.717) is 37.4 Å². The summed E-state index contributed by atoms with van der Waals surface area (Å²) >= 11 is 0. The van der Waals surface area contributed by atoms with Crippen LogP contribution in [0.1, 0.15) is 33.1 Å². The maximum atomic E-state index is 12.8. The van der Waals surface area contributed by atoms with Gasteiger partial charge in [0, 0.05) is 44.3 Å². The Morgan fingerprint density at radius 1 is 1.12 bits per heavy atom. The number of anilines is 1. The van der Waals surface area contributed by atoms with Crippen molar-refractivity contribution in [3.63, 3.8) is 0 Å². The minimum absolute atomic E-state index is 0.146. The second-order valence-electron chi connectivity index (χ2n) is 7.44. The lowest BCUT2D eigenvalue weighted by atomic mass is 9.97. The van der Waals surface area contributed by atoms with Crippen LogP contribution in [0.5, 0.6) is 0 Å². The number of nitro groups is 1. The lowest BCUT2D eigenvalue weighted by molar-refractivity contribution is -0.384. The first kappa shape index (κ1) is 18.6. The molecule has 1 aromatic rings. The topological polar surface area (TPSA) is 69.9 Å². The molecule has 2 atom stereocenters. The van der Waals surface area contributed by atoms with Gasteiger partial charge in [-0.3, -0.25) is 19.8 Å². The zero-order valence-electron chi connectivity index (χ0n) is 15.6. The molecule has 2 fully saturated rings. The fourth-order valence-corrected chi connectivity index (χ4v) is 4.22. The molecule has 26 heavy (non-hydrogen) atoms. The highest BCUT2D eigenvalue weighted by molar-refractivity contribution is 5.79. The molecule has 1 amide bonds. The Morgan fingerprint density at radius 3 is 2.35 bits per heavy atom. The van der Waals surface area contributed by atoms with E-state index >= 15 is 0 Å². The molecule has 2 aliphatic rings. The lowest BCUT2D eigenvalue weighted by Gasteiger charge is -2.41. The average Bonchev–Trinajstić information content (AvgIpc) is 2.62. The van der Waals surface area contributed by atoms with E-state index in [0.717, 1.165) is 25.9 Å². The summed E-state index contributed by atoms with van der Waals surface area (Å²) < 4.78 is 0. The van der Waals surface area contributed by atoms with E-state index in [1.807, 2.05) is 11.0 Å². The van der Waals surface area contributed by atoms with Crippen molar-refractivity contribution in [2.75, 3.05) is 37.6 Å². The fraction of sp³-hybridized carbons (Fsp3) is 0.632. The normalized spacial score (nSPS) is 24.5. The zero-order chi connectivity index (χ0) is 18.7. The Balaban J connectivity index is 1.57. The number of piperazine rings is 1. The molecule has 7 nitrogen and oxygen atoms in total. The number of amides is 1. The number of nitro benzene ring substituents is 1. The van der Waals surface area contributed by atoms with Crippen molar-refractivity contribution in [2.24, 2.45) is 0 Å². The van der Waals surface area contributed by atoms with Crippen LogP contribution in [0.15, 0.2) is 24.3 Å². The second-order valence-corrected chi connectivity index (χ2v) is 7.44. The summed E-state index contributed by atoms with van der Waals surface area (Å²) in [4.78, 5) is 29.9. The maximum Gasteiger partial charge on any atom is 0.292 e. The standard InChI is InChI=1S/C19H28N4O3/c1-15-6-5-7-16(2)22(15)19(24)14-20-10-12-21(13-11-20)17-8-3-4-9-18(17)23(25)26/h3-4,8-9,15-16H,5-7,10-14H2,1-2H3/t15-,16+. The summed E-state index contributed by atoms with van der Waals surface area (Å²) in [5, 5.41) is 11.2. The summed E-state index contributed by atoms with van der Waals surface area (Å²) in [7, 11) is 0. The van der Waals surface area contributed by atoms with Crippen LogP contribution < -0.4 is 4.90 Å². The maximum absolute atomic E-state index is 12.8. The molecule has 0 bridgehead atoms. The first-order valence-electron chi connectivity index (χ1n) is 9.49. The lowest BCUT2D eigenvalue weighted by Crippen LogP contribution is -2.54. The molecule has 0 N–H and O–H groups in total. The van der Waals surface area contributed by atoms with Crippen LogP contribution in [0.25, 0.3) is 0 Å². The molecule has 2 saturated heterocycles. The number of piperidine rings is 1. The van der Waals surface area contributed by atoms with Crippen molar-refractivity contribution in [2.45, 2.75) is 45.2 Å². The van der Waals surface area contributed by atoms with E-state index in [-0.39, 0.29) is 16.5 Å². The molecule has 0 saturated carbocycles. The molecular weight excluding hydrogens is 332 g/mol. The minimum Gasteiger partial charge on any atom is -0.363 e. The van der Waals surface area contributed by atoms with Crippen molar-refractivity contribution in [3.8, 4) is 0 Å². The minimum atomic E-state index is -0.329. The van der Waals surface area contributed by atoms with Gasteiger partial charge in [-0.25, -0.2) is 0 Å². The van der Waals surface area contributed by atoms with Gasteiger partial charge in [0.1, 0.15) is 5.69 Å². The van der Waals surface area contributed by atoms with E-state index < -0.39 is 0 Å². The first-order chi connectivity index (χ1) is 12.5. The molecule has 142 valence electrons. The third-order valence-corrected chi connectivity index (χ3v) is 5.63. The van der Waals surface area contributed by atoms with Crippen molar-refractivity contribution in [3.05, 3.63) is 34.4 Å². The smallest absolute Gasteiger partial charge is 0.292 e. The molecule has 0 aromatic heterocycles. The number of carbonyl (C=O) groups excluding carboxylic acids is 1. The molecule has 0 radical (unpaired) electrons. The average molecular weight is 360 g/mol. The van der Waals surface area contributed by atoms with Crippen molar-refractivity contribution < 1.29 is 9.72 Å². The summed E-state index contributed by atoms with van der Waals surface area (Å²) in [5.41, 5.74) is 0.815. The Labute approximate surface area is 154 Å². The number of nitrogens with zero attached hydrogens (tertiary/aromatic N) is 4. The van der Waals surface area contributed by atoms with E-state index in [2.05, 4.69) is 23.6 Å². The third-order valence-electron chi connectivity index (χ3n) is 5.63. The van der Waals surface area contributed by atoms with Gasteiger partial charge in [-0.05, 0) is 39.2 Å². The predicted molar refractivity (Wildman–Crippen MR) is 101 cm³/mol. The highest BCUT2D eigenvalue weighted by atomic mass is 16.6. The van der Waals surface area contributed by atoms with Gasteiger partial charge in [-0.1, -0.05) is 12.1 Å². The number of hydrogen-bond donors (Lipinski definition) is 0. The van der Waals surface area contributed by atoms with Crippen LogP contribution in [0.4, 0.5) is 11.4 Å². The fourth-order valence-electron chi connectivity index (χ4n) is 4.22. The van der Waals surface area contributed by atoms with Crippen LogP contribution >= 0.6 is 0 Å². The molecule has 2 aliphatic heterocycles. The number of rotatable bonds is 4. The first-order valence-corrected chi connectivity index (χ1v) is 9.49. The Bertz CT molecular complexity index is 648. The third kappa shape index (κ3) is 3.98. The number of hydrogen-bond acceptors (Lipinski definition) is 5. The number of likely N-dealkylation sites (tertiary alicyclic amines) is 1. The summed E-state index contributed by atoms with van der Waals surface area (Å²) in [6.45, 7) is 7.61. The van der Waals surface area contributed by atoms with Gasteiger partial charge < -0.3 is 9.80 Å². The van der Waals surface area contributed by atoms with Crippen LogP contribution in [0.2, 0.25) is 0 Å².